The number of hydrogen-bond donors (Lipinski definition) is 1. The standard InChI is InChI=1S/C21H23ClFN3O3S/c1-14(10-12-30(2,28)29)25-21(27)15-8-9-19(24-13-15)26-11-4-7-18(26)16-5-3-6-17(23)20(16)22/h3,5-6,8-10,12-14,18H,4,7,11H2,1-2H3,(H,25,27)/b12-10+/t14-,18+/m1/s1. The van der Waals surface area contributed by atoms with Crippen LogP contribution in [-0.2, 0) is 9.84 Å². The number of benzene rings is 1. The summed E-state index contributed by atoms with van der Waals surface area (Å²) in [6, 6.07) is 7.68. The number of amides is 1. The average Bonchev–Trinajstić information content (AvgIpc) is 3.17. The number of sulfone groups is 1. The Morgan fingerprint density at radius 2 is 2.13 bits per heavy atom. The largest absolute Gasteiger partial charge is 0.350 e. The first-order valence-corrected chi connectivity index (χ1v) is 11.8. The second-order valence-electron chi connectivity index (χ2n) is 7.32. The second kappa shape index (κ2) is 9.14. The van der Waals surface area contributed by atoms with Crippen molar-refractivity contribution in [2.75, 3.05) is 17.7 Å². The molecule has 1 amide bonds. The lowest BCUT2D eigenvalue weighted by Gasteiger charge is -2.27. The number of hydrogen-bond acceptors (Lipinski definition) is 5. The first-order chi connectivity index (χ1) is 14.2. The van der Waals surface area contributed by atoms with Crippen LogP contribution in [0.4, 0.5) is 10.2 Å². The van der Waals surface area contributed by atoms with Crippen molar-refractivity contribution < 1.29 is 17.6 Å². The van der Waals surface area contributed by atoms with E-state index in [2.05, 4.69) is 15.2 Å². The number of halogens is 2. The monoisotopic (exact) mass is 451 g/mol. The minimum atomic E-state index is -3.25. The molecule has 0 spiro atoms. The molecule has 1 aromatic carbocycles. The Balaban J connectivity index is 1.72. The molecule has 1 N–H and O–H groups in total. The molecule has 0 unspecified atom stereocenters. The van der Waals surface area contributed by atoms with Crippen LogP contribution in [0.15, 0.2) is 48.0 Å². The maximum absolute atomic E-state index is 13.9. The van der Waals surface area contributed by atoms with E-state index >= 15 is 0 Å². The molecule has 2 heterocycles. The number of nitrogens with zero attached hydrogens (tertiary/aromatic N) is 2. The summed E-state index contributed by atoms with van der Waals surface area (Å²) >= 11 is 6.18. The van der Waals surface area contributed by atoms with Crippen molar-refractivity contribution in [3.05, 3.63) is 70.0 Å². The number of aromatic nitrogens is 1. The molecule has 6 nitrogen and oxygen atoms in total. The Morgan fingerprint density at radius 1 is 1.37 bits per heavy atom. The van der Waals surface area contributed by atoms with Crippen molar-refractivity contribution in [2.45, 2.75) is 31.8 Å². The van der Waals surface area contributed by atoms with Gasteiger partial charge in [-0.3, -0.25) is 4.79 Å². The van der Waals surface area contributed by atoms with E-state index < -0.39 is 21.7 Å². The predicted molar refractivity (Wildman–Crippen MR) is 116 cm³/mol. The fourth-order valence-corrected chi connectivity index (χ4v) is 4.20. The van der Waals surface area contributed by atoms with Gasteiger partial charge in [-0.05, 0) is 43.5 Å². The van der Waals surface area contributed by atoms with Crippen LogP contribution in [0.25, 0.3) is 0 Å². The van der Waals surface area contributed by atoms with Gasteiger partial charge in [-0.25, -0.2) is 17.8 Å². The van der Waals surface area contributed by atoms with Crippen LogP contribution in [0.1, 0.15) is 41.7 Å². The van der Waals surface area contributed by atoms with E-state index in [0.29, 0.717) is 11.4 Å². The molecule has 2 aromatic rings. The summed E-state index contributed by atoms with van der Waals surface area (Å²) < 4.78 is 36.2. The van der Waals surface area contributed by atoms with Crippen molar-refractivity contribution in [3.63, 3.8) is 0 Å². The lowest BCUT2D eigenvalue weighted by atomic mass is 10.0. The molecule has 9 heteroatoms. The lowest BCUT2D eigenvalue weighted by Crippen LogP contribution is -2.31. The summed E-state index contributed by atoms with van der Waals surface area (Å²) in [5.41, 5.74) is 1.09. The molecule has 0 bridgehead atoms. The van der Waals surface area contributed by atoms with Gasteiger partial charge in [0.2, 0.25) is 0 Å². The topological polar surface area (TPSA) is 79.4 Å². The van der Waals surface area contributed by atoms with Gasteiger partial charge in [0.05, 0.1) is 16.6 Å². The smallest absolute Gasteiger partial charge is 0.253 e. The highest BCUT2D eigenvalue weighted by Crippen LogP contribution is 2.38. The molecule has 3 rings (SSSR count). The van der Waals surface area contributed by atoms with Crippen molar-refractivity contribution >= 4 is 33.2 Å². The highest BCUT2D eigenvalue weighted by atomic mass is 35.5. The zero-order valence-electron chi connectivity index (χ0n) is 16.7. The molecular weight excluding hydrogens is 429 g/mol. The zero-order valence-corrected chi connectivity index (χ0v) is 18.3. The molecule has 1 aliphatic rings. The number of anilines is 1. The Hall–Kier alpha value is -2.45. The van der Waals surface area contributed by atoms with E-state index in [1.165, 1.54) is 18.3 Å². The maximum atomic E-state index is 13.9. The fourth-order valence-electron chi connectivity index (χ4n) is 3.43. The van der Waals surface area contributed by atoms with Gasteiger partial charge >= 0.3 is 0 Å². The highest BCUT2D eigenvalue weighted by molar-refractivity contribution is 7.93. The van der Waals surface area contributed by atoms with Gasteiger partial charge in [0, 0.05) is 30.4 Å². The lowest BCUT2D eigenvalue weighted by molar-refractivity contribution is 0.0946. The first kappa shape index (κ1) is 22.2. The maximum Gasteiger partial charge on any atom is 0.253 e. The number of nitrogens with one attached hydrogen (secondary N) is 1. The van der Waals surface area contributed by atoms with Crippen LogP contribution in [0.5, 0.6) is 0 Å². The normalized spacial score (nSPS) is 18.0. The minimum Gasteiger partial charge on any atom is -0.350 e. The van der Waals surface area contributed by atoms with Gasteiger partial charge in [0.15, 0.2) is 9.84 Å². The predicted octanol–water partition coefficient (Wildman–Crippen LogP) is 3.89. The van der Waals surface area contributed by atoms with Crippen LogP contribution < -0.4 is 10.2 Å². The van der Waals surface area contributed by atoms with Gasteiger partial charge in [-0.1, -0.05) is 29.8 Å². The Bertz CT molecular complexity index is 1060. The van der Waals surface area contributed by atoms with Gasteiger partial charge in [0.1, 0.15) is 11.6 Å². The number of carbonyl (C=O) groups is 1. The first-order valence-electron chi connectivity index (χ1n) is 9.51. The van der Waals surface area contributed by atoms with E-state index in [4.69, 9.17) is 11.6 Å². The molecule has 1 aromatic heterocycles. The fraction of sp³-hybridized carbons (Fsp3) is 0.333. The van der Waals surface area contributed by atoms with E-state index in [9.17, 15) is 17.6 Å². The van der Waals surface area contributed by atoms with Crippen LogP contribution >= 0.6 is 11.6 Å². The molecule has 2 atom stereocenters. The third kappa shape index (κ3) is 5.37. The molecule has 0 radical (unpaired) electrons. The molecule has 30 heavy (non-hydrogen) atoms. The van der Waals surface area contributed by atoms with Crippen molar-refractivity contribution in [1.29, 1.82) is 0 Å². The van der Waals surface area contributed by atoms with Crippen molar-refractivity contribution in [3.8, 4) is 0 Å². The molecule has 1 aliphatic heterocycles. The Morgan fingerprint density at radius 3 is 2.80 bits per heavy atom. The van der Waals surface area contributed by atoms with E-state index in [1.807, 2.05) is 6.07 Å². The molecule has 160 valence electrons. The average molecular weight is 452 g/mol. The Labute approximate surface area is 180 Å². The van der Waals surface area contributed by atoms with Crippen LogP contribution in [0.3, 0.4) is 0 Å². The summed E-state index contributed by atoms with van der Waals surface area (Å²) in [6.07, 6.45) is 5.72. The van der Waals surface area contributed by atoms with Crippen molar-refractivity contribution in [1.82, 2.24) is 10.3 Å². The van der Waals surface area contributed by atoms with E-state index in [0.717, 1.165) is 36.6 Å². The number of rotatable bonds is 6. The molecule has 1 fully saturated rings. The number of pyridine rings is 1. The van der Waals surface area contributed by atoms with E-state index in [-0.39, 0.29) is 17.0 Å². The Kier molecular flexibility index (Phi) is 6.77. The second-order valence-corrected chi connectivity index (χ2v) is 9.63. The third-order valence-electron chi connectivity index (χ3n) is 4.87. The van der Waals surface area contributed by atoms with Gasteiger partial charge in [-0.15, -0.1) is 0 Å². The zero-order chi connectivity index (χ0) is 21.9. The third-order valence-corrected chi connectivity index (χ3v) is 5.92. The number of carbonyl (C=O) groups excluding carboxylic acids is 1. The molecule has 1 saturated heterocycles. The minimum absolute atomic E-state index is 0.0819. The van der Waals surface area contributed by atoms with Crippen molar-refractivity contribution in [2.24, 2.45) is 0 Å². The molecule has 0 aliphatic carbocycles. The van der Waals surface area contributed by atoms with Gasteiger partial charge in [0.25, 0.3) is 5.91 Å². The van der Waals surface area contributed by atoms with Gasteiger partial charge < -0.3 is 10.2 Å². The highest BCUT2D eigenvalue weighted by Gasteiger charge is 2.29. The SMILES string of the molecule is C[C@H](/C=C/S(C)(=O)=O)NC(=O)c1ccc(N2CCC[C@H]2c2cccc(F)c2Cl)nc1. The van der Waals surface area contributed by atoms with Crippen LogP contribution in [0.2, 0.25) is 5.02 Å². The molecular formula is C21H23ClFN3O3S. The summed E-state index contributed by atoms with van der Waals surface area (Å²) in [7, 11) is -3.25. The van der Waals surface area contributed by atoms with Gasteiger partial charge in [-0.2, -0.15) is 0 Å². The summed E-state index contributed by atoms with van der Waals surface area (Å²) in [4.78, 5) is 18.8. The van der Waals surface area contributed by atoms with E-state index in [1.54, 1.807) is 25.1 Å². The quantitative estimate of drug-likeness (QED) is 0.720. The molecule has 0 saturated carbocycles. The van der Waals surface area contributed by atoms with Crippen LogP contribution in [-0.4, -0.2) is 38.2 Å². The summed E-state index contributed by atoms with van der Waals surface area (Å²) in [6.45, 7) is 2.43. The summed E-state index contributed by atoms with van der Waals surface area (Å²) in [5.74, 6) is -0.120. The van der Waals surface area contributed by atoms with Crippen LogP contribution in [0, 0.1) is 5.82 Å². The summed E-state index contributed by atoms with van der Waals surface area (Å²) in [5, 5.41) is 3.89.